The highest BCUT2D eigenvalue weighted by Crippen LogP contribution is 2.63. The van der Waals surface area contributed by atoms with E-state index in [2.05, 4.69) is 35.5 Å². The van der Waals surface area contributed by atoms with Crippen molar-refractivity contribution in [2.24, 2.45) is 10.6 Å². The van der Waals surface area contributed by atoms with E-state index in [0.717, 1.165) is 18.5 Å². The highest BCUT2D eigenvalue weighted by molar-refractivity contribution is 7.98. The number of hydrogen-bond acceptors (Lipinski definition) is 4. The lowest BCUT2D eigenvalue weighted by Gasteiger charge is -2.09. The van der Waals surface area contributed by atoms with E-state index in [9.17, 15) is 8.42 Å². The molecule has 1 fully saturated rings. The van der Waals surface area contributed by atoms with Gasteiger partial charge >= 0.3 is 0 Å². The second kappa shape index (κ2) is 5.97. The molecule has 1 aromatic heterocycles. The van der Waals surface area contributed by atoms with E-state index < -0.39 is 10.0 Å². The number of nitrogens with two attached hydrogens (primary N) is 1. The van der Waals surface area contributed by atoms with Crippen LogP contribution in [0.2, 0.25) is 0 Å². The Morgan fingerprint density at radius 1 is 1.04 bits per heavy atom. The number of aromatic nitrogens is 1. The van der Waals surface area contributed by atoms with Gasteiger partial charge in [-0.15, -0.1) is 11.8 Å². The largest absolute Gasteiger partial charge is 0.255 e. The van der Waals surface area contributed by atoms with E-state index in [1.165, 1.54) is 40.6 Å². The number of primary sulfonamides is 1. The van der Waals surface area contributed by atoms with Crippen molar-refractivity contribution < 1.29 is 8.42 Å². The molecule has 2 aliphatic carbocycles. The number of thioether (sulfide) groups is 1. The highest BCUT2D eigenvalue weighted by Gasteiger charge is 2.48. The number of allylic oxidation sites excluding steroid dienone is 2. The molecule has 0 aliphatic heterocycles. The third-order valence-electron chi connectivity index (χ3n) is 5.24. The van der Waals surface area contributed by atoms with Crippen LogP contribution in [0.1, 0.15) is 36.9 Å². The van der Waals surface area contributed by atoms with Gasteiger partial charge in [-0.1, -0.05) is 12.1 Å². The van der Waals surface area contributed by atoms with Crippen LogP contribution >= 0.6 is 11.8 Å². The van der Waals surface area contributed by atoms with Gasteiger partial charge in [0, 0.05) is 11.1 Å². The first-order valence-corrected chi connectivity index (χ1v) is 11.0. The molecule has 25 heavy (non-hydrogen) atoms. The first-order valence-electron chi connectivity index (χ1n) is 8.26. The number of rotatable bonds is 4. The van der Waals surface area contributed by atoms with E-state index in [-0.39, 0.29) is 4.90 Å². The highest BCUT2D eigenvalue weighted by atomic mass is 32.2. The molecule has 1 heterocycles. The maximum absolute atomic E-state index is 11.4. The molecule has 0 bridgehead atoms. The van der Waals surface area contributed by atoms with E-state index in [4.69, 9.17) is 5.14 Å². The van der Waals surface area contributed by atoms with Crippen LogP contribution in [0.25, 0.3) is 11.1 Å². The normalized spacial score (nSPS) is 18.8. The van der Waals surface area contributed by atoms with E-state index in [1.54, 1.807) is 23.9 Å². The molecule has 0 amide bonds. The lowest BCUT2D eigenvalue weighted by atomic mass is 9.99. The van der Waals surface area contributed by atoms with Crippen molar-refractivity contribution >= 4 is 32.9 Å². The van der Waals surface area contributed by atoms with Crippen LogP contribution in [0.4, 0.5) is 0 Å². The van der Waals surface area contributed by atoms with Crippen LogP contribution in [-0.2, 0) is 10.0 Å². The Labute approximate surface area is 152 Å². The Morgan fingerprint density at radius 3 is 2.24 bits per heavy atom. The zero-order valence-corrected chi connectivity index (χ0v) is 15.7. The fourth-order valence-corrected chi connectivity index (χ4v) is 4.46. The van der Waals surface area contributed by atoms with Crippen LogP contribution in [0.15, 0.2) is 52.4 Å². The Bertz CT molecular complexity index is 942. The summed E-state index contributed by atoms with van der Waals surface area (Å²) >= 11 is 1.74. The molecule has 4 rings (SSSR count). The van der Waals surface area contributed by atoms with Gasteiger partial charge in [0.2, 0.25) is 10.0 Å². The number of nitrogens with zero attached hydrogens (tertiary/aromatic N) is 1. The minimum Gasteiger partial charge on any atom is -0.255 e. The van der Waals surface area contributed by atoms with Gasteiger partial charge in [0.25, 0.3) is 0 Å². The maximum atomic E-state index is 11.4. The summed E-state index contributed by atoms with van der Waals surface area (Å²) in [5.41, 5.74) is 5.11. The first kappa shape index (κ1) is 16.8. The zero-order valence-electron chi connectivity index (χ0n) is 14.0. The molecule has 6 heteroatoms. The quantitative estimate of drug-likeness (QED) is 0.825. The topological polar surface area (TPSA) is 73.1 Å². The standard InChI is InChI=1S/C19H20N2O2S2/c1-24-14-4-2-13(3-5-14)16-10-19(8-9-19)11-17(16)18-7-6-15(12-21-18)25(20,22)23/h2-7,12H,8-11H2,1H3,(H2,20,22,23). The van der Waals surface area contributed by atoms with E-state index in [1.807, 2.05) is 0 Å². The van der Waals surface area contributed by atoms with Gasteiger partial charge in [-0.05, 0) is 78.3 Å². The minimum atomic E-state index is -3.71. The molecule has 1 aromatic carbocycles. The fraction of sp³-hybridized carbons (Fsp3) is 0.316. The van der Waals surface area contributed by atoms with Gasteiger partial charge in [0.15, 0.2) is 0 Å². The molecule has 2 N–H and O–H groups in total. The average molecular weight is 373 g/mol. The van der Waals surface area contributed by atoms with Crippen molar-refractivity contribution in [1.29, 1.82) is 0 Å². The summed E-state index contributed by atoms with van der Waals surface area (Å²) in [5, 5.41) is 5.18. The van der Waals surface area contributed by atoms with Crippen LogP contribution < -0.4 is 5.14 Å². The summed E-state index contributed by atoms with van der Waals surface area (Å²) in [7, 11) is -3.71. The monoisotopic (exact) mass is 372 g/mol. The van der Waals surface area contributed by atoms with Gasteiger partial charge in [-0.25, -0.2) is 13.6 Å². The molecule has 0 unspecified atom stereocenters. The molecule has 0 atom stereocenters. The second-order valence-electron chi connectivity index (χ2n) is 6.96. The Hall–Kier alpha value is -1.63. The van der Waals surface area contributed by atoms with Crippen LogP contribution in [0, 0.1) is 5.41 Å². The van der Waals surface area contributed by atoms with Crippen molar-refractivity contribution in [2.75, 3.05) is 6.26 Å². The Balaban J connectivity index is 1.75. The Morgan fingerprint density at radius 2 is 1.72 bits per heavy atom. The van der Waals surface area contributed by atoms with Crippen LogP contribution in [0.5, 0.6) is 0 Å². The summed E-state index contributed by atoms with van der Waals surface area (Å²) in [5.74, 6) is 0. The van der Waals surface area contributed by atoms with Gasteiger partial charge in [-0.2, -0.15) is 0 Å². The lowest BCUT2D eigenvalue weighted by Crippen LogP contribution is -2.12. The molecule has 1 saturated carbocycles. The maximum Gasteiger partial charge on any atom is 0.239 e. The summed E-state index contributed by atoms with van der Waals surface area (Å²) in [6, 6.07) is 12.0. The van der Waals surface area contributed by atoms with Gasteiger partial charge in [0.1, 0.15) is 4.90 Å². The third-order valence-corrected chi connectivity index (χ3v) is 6.88. The molecule has 130 valence electrons. The molecule has 0 radical (unpaired) electrons. The van der Waals surface area contributed by atoms with Crippen molar-refractivity contribution in [3.05, 3.63) is 53.9 Å². The lowest BCUT2D eigenvalue weighted by molar-refractivity contribution is 0.567. The molecular weight excluding hydrogens is 352 g/mol. The molecule has 2 aliphatic rings. The predicted molar refractivity (Wildman–Crippen MR) is 102 cm³/mol. The molecule has 2 aromatic rings. The van der Waals surface area contributed by atoms with Gasteiger partial charge < -0.3 is 0 Å². The third kappa shape index (κ3) is 3.26. The summed E-state index contributed by atoms with van der Waals surface area (Å²) in [4.78, 5) is 5.72. The zero-order chi connectivity index (χ0) is 17.7. The summed E-state index contributed by atoms with van der Waals surface area (Å²) in [6.07, 6.45) is 8.07. The first-order chi connectivity index (χ1) is 11.9. The number of hydrogen-bond donors (Lipinski definition) is 1. The molecule has 4 nitrogen and oxygen atoms in total. The summed E-state index contributed by atoms with van der Waals surface area (Å²) < 4.78 is 22.9. The molecular formula is C19H20N2O2S2. The summed E-state index contributed by atoms with van der Waals surface area (Å²) in [6.45, 7) is 0. The van der Waals surface area contributed by atoms with E-state index in [0.29, 0.717) is 5.41 Å². The average Bonchev–Trinajstić information content (AvgIpc) is 3.25. The van der Waals surface area contributed by atoms with Crippen molar-refractivity contribution in [3.8, 4) is 0 Å². The Kier molecular flexibility index (Phi) is 4.02. The SMILES string of the molecule is CSc1ccc(C2=C(c3ccc(S(N)(=O)=O)cn3)CC3(CC3)C2)cc1. The molecule has 0 saturated heterocycles. The fourth-order valence-electron chi connectivity index (χ4n) is 3.60. The van der Waals surface area contributed by atoms with Gasteiger partial charge in [-0.3, -0.25) is 4.98 Å². The van der Waals surface area contributed by atoms with Crippen molar-refractivity contribution in [3.63, 3.8) is 0 Å². The number of benzene rings is 1. The number of pyridine rings is 1. The van der Waals surface area contributed by atoms with E-state index >= 15 is 0 Å². The smallest absolute Gasteiger partial charge is 0.239 e. The van der Waals surface area contributed by atoms with Gasteiger partial charge in [0.05, 0.1) is 5.69 Å². The molecule has 1 spiro atoms. The van der Waals surface area contributed by atoms with Crippen molar-refractivity contribution in [2.45, 2.75) is 35.5 Å². The number of sulfonamides is 1. The van der Waals surface area contributed by atoms with Crippen LogP contribution in [0.3, 0.4) is 0 Å². The minimum absolute atomic E-state index is 0.0573. The predicted octanol–water partition coefficient (Wildman–Crippen LogP) is 3.94. The van der Waals surface area contributed by atoms with Crippen molar-refractivity contribution in [1.82, 2.24) is 4.98 Å². The van der Waals surface area contributed by atoms with Crippen LogP contribution in [-0.4, -0.2) is 19.7 Å². The second-order valence-corrected chi connectivity index (χ2v) is 9.40.